The Morgan fingerprint density at radius 1 is 1.07 bits per heavy atom. The van der Waals surface area contributed by atoms with Crippen LogP contribution in [0.2, 0.25) is 0 Å². The van der Waals surface area contributed by atoms with Crippen LogP contribution in [0.15, 0.2) is 60.7 Å². The molecule has 0 radical (unpaired) electrons. The van der Waals surface area contributed by atoms with E-state index in [0.29, 0.717) is 0 Å². The van der Waals surface area contributed by atoms with Crippen LogP contribution < -0.4 is 5.32 Å². The van der Waals surface area contributed by atoms with Gasteiger partial charge in [-0.3, -0.25) is 0 Å². The lowest BCUT2D eigenvalue weighted by Gasteiger charge is -2.16. The zero-order chi connectivity index (χ0) is 20.6. The van der Waals surface area contributed by atoms with Gasteiger partial charge in [0.15, 0.2) is 0 Å². The molecule has 0 spiro atoms. The highest BCUT2D eigenvalue weighted by Crippen LogP contribution is 2.44. The van der Waals surface area contributed by atoms with Gasteiger partial charge in [-0.05, 0) is 35.1 Å². The van der Waals surface area contributed by atoms with Gasteiger partial charge in [0.2, 0.25) is 0 Å². The van der Waals surface area contributed by atoms with Crippen molar-refractivity contribution < 1.29 is 19.4 Å². The summed E-state index contributed by atoms with van der Waals surface area (Å²) in [6, 6.07) is 15.2. The number of alkyl carbamates (subject to hydrolysis) is 1. The van der Waals surface area contributed by atoms with Crippen molar-refractivity contribution in [2.45, 2.75) is 44.6 Å². The quantitative estimate of drug-likeness (QED) is 0.458. The fourth-order valence-electron chi connectivity index (χ4n) is 3.68. The van der Waals surface area contributed by atoms with Crippen molar-refractivity contribution in [3.63, 3.8) is 0 Å². The number of fused-ring (bicyclic) bond motifs is 3. The Hall–Kier alpha value is -3.08. The summed E-state index contributed by atoms with van der Waals surface area (Å²) in [4.78, 5) is 23.7. The van der Waals surface area contributed by atoms with Gasteiger partial charge in [0, 0.05) is 5.92 Å². The number of nitrogens with one attached hydrogen (secondary N) is 1. The number of ether oxygens (including phenoxy) is 1. The molecule has 0 saturated carbocycles. The van der Waals surface area contributed by atoms with Crippen LogP contribution in [0.4, 0.5) is 4.79 Å². The van der Waals surface area contributed by atoms with E-state index in [-0.39, 0.29) is 18.9 Å². The van der Waals surface area contributed by atoms with Crippen LogP contribution in [0.25, 0.3) is 11.1 Å². The predicted molar refractivity (Wildman–Crippen MR) is 113 cm³/mol. The standard InChI is InChI=1S/C24H27NO4/c1-2-3-4-5-6-15-22(23(26)27)25-24(28)29-16-21-19-13-9-7-11-17(19)18-12-8-10-14-20(18)21/h5-14,21-22H,2-4,15-16H2,1H3,(H,25,28)(H,26,27)/t22-/m0/s1. The fourth-order valence-corrected chi connectivity index (χ4v) is 3.68. The molecule has 0 aliphatic heterocycles. The van der Waals surface area contributed by atoms with Crippen LogP contribution >= 0.6 is 0 Å². The molecule has 0 heterocycles. The van der Waals surface area contributed by atoms with Crippen LogP contribution in [0.1, 0.15) is 49.7 Å². The topological polar surface area (TPSA) is 75.6 Å². The lowest BCUT2D eigenvalue weighted by molar-refractivity contribution is -0.139. The molecule has 152 valence electrons. The smallest absolute Gasteiger partial charge is 0.407 e. The van der Waals surface area contributed by atoms with E-state index in [1.807, 2.05) is 42.5 Å². The second kappa shape index (κ2) is 9.92. The molecule has 0 unspecified atom stereocenters. The van der Waals surface area contributed by atoms with Crippen molar-refractivity contribution in [2.24, 2.45) is 0 Å². The van der Waals surface area contributed by atoms with Crippen molar-refractivity contribution in [1.29, 1.82) is 0 Å². The third kappa shape index (κ3) is 5.05. The molecule has 0 bridgehead atoms. The molecule has 5 nitrogen and oxygen atoms in total. The van der Waals surface area contributed by atoms with Crippen molar-refractivity contribution in [1.82, 2.24) is 5.32 Å². The second-order valence-corrected chi connectivity index (χ2v) is 7.21. The summed E-state index contributed by atoms with van der Waals surface area (Å²) >= 11 is 0. The average Bonchev–Trinajstić information content (AvgIpc) is 3.05. The normalized spacial score (nSPS) is 13.7. The van der Waals surface area contributed by atoms with Crippen molar-refractivity contribution in [3.8, 4) is 11.1 Å². The number of carboxylic acids is 1. The molecule has 1 aliphatic carbocycles. The third-order valence-electron chi connectivity index (χ3n) is 5.20. The number of allylic oxidation sites excluding steroid dienone is 1. The van der Waals surface area contributed by atoms with E-state index in [9.17, 15) is 14.7 Å². The number of aliphatic carboxylic acids is 1. The number of hydrogen-bond acceptors (Lipinski definition) is 3. The van der Waals surface area contributed by atoms with E-state index in [1.165, 1.54) is 0 Å². The van der Waals surface area contributed by atoms with Gasteiger partial charge in [-0.25, -0.2) is 9.59 Å². The summed E-state index contributed by atoms with van der Waals surface area (Å²) in [5.41, 5.74) is 4.54. The van der Waals surface area contributed by atoms with Gasteiger partial charge in [-0.1, -0.05) is 80.4 Å². The molecular weight excluding hydrogens is 366 g/mol. The summed E-state index contributed by atoms with van der Waals surface area (Å²) in [5.74, 6) is -1.12. The lowest BCUT2D eigenvalue weighted by Crippen LogP contribution is -2.41. The van der Waals surface area contributed by atoms with E-state index in [1.54, 1.807) is 6.08 Å². The van der Waals surface area contributed by atoms with E-state index < -0.39 is 18.1 Å². The SMILES string of the molecule is CCCCC=CC[C@H](NC(=O)OCC1c2ccccc2-c2ccccc21)C(=O)O. The first-order valence-corrected chi connectivity index (χ1v) is 10.1. The number of amides is 1. The number of unbranched alkanes of at least 4 members (excludes halogenated alkanes) is 2. The summed E-state index contributed by atoms with van der Waals surface area (Å²) in [5, 5.41) is 11.8. The van der Waals surface area contributed by atoms with Gasteiger partial charge >= 0.3 is 12.1 Å². The second-order valence-electron chi connectivity index (χ2n) is 7.21. The third-order valence-corrected chi connectivity index (χ3v) is 5.20. The summed E-state index contributed by atoms with van der Waals surface area (Å²) in [7, 11) is 0. The number of carboxylic acid groups (broad SMARTS) is 1. The molecule has 29 heavy (non-hydrogen) atoms. The summed E-state index contributed by atoms with van der Waals surface area (Å²) in [6.07, 6.45) is 6.36. The minimum absolute atomic E-state index is 0.0506. The Labute approximate surface area is 171 Å². The van der Waals surface area contributed by atoms with Crippen LogP contribution in [-0.4, -0.2) is 29.8 Å². The molecule has 1 amide bonds. The van der Waals surface area contributed by atoms with E-state index in [4.69, 9.17) is 4.74 Å². The highest BCUT2D eigenvalue weighted by Gasteiger charge is 2.29. The summed E-state index contributed by atoms with van der Waals surface area (Å²) < 4.78 is 5.43. The van der Waals surface area contributed by atoms with Crippen LogP contribution in [0.5, 0.6) is 0 Å². The summed E-state index contributed by atoms with van der Waals surface area (Å²) in [6.45, 7) is 2.27. The molecule has 0 aromatic heterocycles. The minimum Gasteiger partial charge on any atom is -0.480 e. The first-order valence-electron chi connectivity index (χ1n) is 10.1. The van der Waals surface area contributed by atoms with Crippen LogP contribution in [0.3, 0.4) is 0 Å². The van der Waals surface area contributed by atoms with Gasteiger partial charge in [-0.15, -0.1) is 0 Å². The lowest BCUT2D eigenvalue weighted by atomic mass is 9.98. The average molecular weight is 393 g/mol. The zero-order valence-electron chi connectivity index (χ0n) is 16.6. The van der Waals surface area contributed by atoms with Gasteiger partial charge in [0.25, 0.3) is 0 Å². The van der Waals surface area contributed by atoms with Gasteiger partial charge in [0.1, 0.15) is 12.6 Å². The molecule has 0 saturated heterocycles. The molecule has 0 fully saturated rings. The molecule has 2 aromatic carbocycles. The monoisotopic (exact) mass is 393 g/mol. The minimum atomic E-state index is -1.07. The van der Waals surface area contributed by atoms with Crippen molar-refractivity contribution in [2.75, 3.05) is 6.61 Å². The number of carbonyl (C=O) groups excluding carboxylic acids is 1. The fraction of sp³-hybridized carbons (Fsp3) is 0.333. The zero-order valence-corrected chi connectivity index (χ0v) is 16.6. The molecular formula is C24H27NO4. The van der Waals surface area contributed by atoms with Crippen LogP contribution in [0, 0.1) is 0 Å². The maximum atomic E-state index is 12.3. The van der Waals surface area contributed by atoms with Gasteiger partial charge < -0.3 is 15.2 Å². The number of rotatable bonds is 9. The van der Waals surface area contributed by atoms with Crippen molar-refractivity contribution in [3.05, 3.63) is 71.8 Å². The maximum absolute atomic E-state index is 12.3. The predicted octanol–water partition coefficient (Wildman–Crippen LogP) is 5.11. The number of carbonyl (C=O) groups is 2. The molecule has 2 aromatic rings. The van der Waals surface area contributed by atoms with E-state index in [2.05, 4.69) is 24.4 Å². The van der Waals surface area contributed by atoms with E-state index >= 15 is 0 Å². The van der Waals surface area contributed by atoms with E-state index in [0.717, 1.165) is 41.5 Å². The molecule has 2 N–H and O–H groups in total. The molecule has 5 heteroatoms. The Balaban J connectivity index is 1.60. The first-order chi connectivity index (χ1) is 14.1. The van der Waals surface area contributed by atoms with Gasteiger partial charge in [0.05, 0.1) is 0 Å². The maximum Gasteiger partial charge on any atom is 0.407 e. The van der Waals surface area contributed by atoms with Crippen LogP contribution in [-0.2, 0) is 9.53 Å². The highest BCUT2D eigenvalue weighted by molar-refractivity contribution is 5.81. The Morgan fingerprint density at radius 2 is 1.69 bits per heavy atom. The number of hydrogen-bond donors (Lipinski definition) is 2. The molecule has 1 atom stereocenters. The Kier molecular flexibility index (Phi) is 7.06. The Bertz CT molecular complexity index is 844. The largest absolute Gasteiger partial charge is 0.480 e. The molecule has 1 aliphatic rings. The number of benzene rings is 2. The van der Waals surface area contributed by atoms with Gasteiger partial charge in [-0.2, -0.15) is 0 Å². The van der Waals surface area contributed by atoms with Crippen molar-refractivity contribution >= 4 is 12.1 Å². The highest BCUT2D eigenvalue weighted by atomic mass is 16.5. The first kappa shape index (κ1) is 20.6. The molecule has 3 rings (SSSR count). The Morgan fingerprint density at radius 3 is 2.28 bits per heavy atom.